The van der Waals surface area contributed by atoms with Crippen LogP contribution in [0.4, 0.5) is 13.2 Å². The van der Waals surface area contributed by atoms with Crippen molar-refractivity contribution in [3.63, 3.8) is 0 Å². The first-order valence-corrected chi connectivity index (χ1v) is 11.2. The number of halogens is 3. The zero-order valence-electron chi connectivity index (χ0n) is 18.0. The fourth-order valence-electron chi connectivity index (χ4n) is 6.02. The molecule has 7 heteroatoms. The van der Waals surface area contributed by atoms with E-state index in [1.807, 2.05) is 0 Å². The molecular weight excluding hydrogens is 405 g/mol. The second kappa shape index (κ2) is 7.07. The van der Waals surface area contributed by atoms with Gasteiger partial charge in [-0.2, -0.15) is 13.2 Å². The van der Waals surface area contributed by atoms with Gasteiger partial charge < -0.3 is 15.0 Å². The minimum atomic E-state index is -4.38. The number of amides is 1. The molecule has 1 spiro atoms. The molecule has 1 aliphatic carbocycles. The highest BCUT2D eigenvalue weighted by Gasteiger charge is 2.61. The summed E-state index contributed by atoms with van der Waals surface area (Å²) in [5, 5.41) is 3.70. The topological polar surface area (TPSA) is 41.6 Å². The van der Waals surface area contributed by atoms with Crippen molar-refractivity contribution in [3.8, 4) is 0 Å². The number of rotatable bonds is 2. The van der Waals surface area contributed by atoms with Crippen molar-refractivity contribution in [1.82, 2.24) is 10.2 Å². The quantitative estimate of drug-likeness (QED) is 0.717. The Morgan fingerprint density at radius 2 is 2.06 bits per heavy atom. The summed E-state index contributed by atoms with van der Waals surface area (Å²) in [6.45, 7) is 6.38. The molecule has 168 valence electrons. The lowest BCUT2D eigenvalue weighted by Gasteiger charge is -2.57. The summed E-state index contributed by atoms with van der Waals surface area (Å²) >= 11 is 0. The molecule has 3 heterocycles. The van der Waals surface area contributed by atoms with Crippen molar-refractivity contribution in [2.45, 2.75) is 57.4 Å². The standard InChI is InChI=1S/C24H29F3N2O2/c1-15(2)22(7-8-23(14-22)19-13-31-10-6-20(19)28-23)21(30)29-9-5-16-3-4-18(24(25,26)27)11-17(16)12-29/h3-4,7-8,11,15,19-20,28H,5-6,9-10,12-14H2,1-2H3/t19-,20?,22+,23-/m1/s1. The second-order valence-electron chi connectivity index (χ2n) is 9.92. The van der Waals surface area contributed by atoms with E-state index in [0.717, 1.165) is 24.7 Å². The summed E-state index contributed by atoms with van der Waals surface area (Å²) in [6, 6.07) is 4.35. The van der Waals surface area contributed by atoms with Crippen molar-refractivity contribution >= 4 is 5.91 Å². The van der Waals surface area contributed by atoms with Gasteiger partial charge in [-0.1, -0.05) is 32.1 Å². The van der Waals surface area contributed by atoms with E-state index in [4.69, 9.17) is 4.74 Å². The maximum atomic E-state index is 13.8. The zero-order chi connectivity index (χ0) is 22.0. The molecule has 1 unspecified atom stereocenters. The molecule has 4 aliphatic rings. The van der Waals surface area contributed by atoms with E-state index >= 15 is 0 Å². The van der Waals surface area contributed by atoms with Crippen LogP contribution >= 0.6 is 0 Å². The van der Waals surface area contributed by atoms with Crippen molar-refractivity contribution in [3.05, 3.63) is 47.0 Å². The lowest BCUT2D eigenvalue weighted by Crippen LogP contribution is -2.73. The monoisotopic (exact) mass is 434 g/mol. The molecule has 0 aromatic heterocycles. The first-order valence-electron chi connectivity index (χ1n) is 11.2. The summed E-state index contributed by atoms with van der Waals surface area (Å²) in [5.41, 5.74) is 0.00167. The molecule has 0 bridgehead atoms. The molecule has 1 amide bonds. The third-order valence-corrected chi connectivity index (χ3v) is 8.00. The zero-order valence-corrected chi connectivity index (χ0v) is 18.0. The van der Waals surface area contributed by atoms with Gasteiger partial charge in [0.25, 0.3) is 0 Å². The van der Waals surface area contributed by atoms with Gasteiger partial charge >= 0.3 is 6.18 Å². The largest absolute Gasteiger partial charge is 0.416 e. The first kappa shape index (κ1) is 21.0. The van der Waals surface area contributed by atoms with Gasteiger partial charge in [0.15, 0.2) is 0 Å². The van der Waals surface area contributed by atoms with E-state index in [2.05, 4.69) is 31.3 Å². The lowest BCUT2D eigenvalue weighted by atomic mass is 9.63. The summed E-state index contributed by atoms with van der Waals surface area (Å²) in [5.74, 6) is 0.493. The number of hydrogen-bond donors (Lipinski definition) is 1. The maximum absolute atomic E-state index is 13.8. The molecule has 4 atom stereocenters. The molecule has 4 nitrogen and oxygen atoms in total. The Kier molecular flexibility index (Phi) is 4.79. The Morgan fingerprint density at radius 3 is 2.77 bits per heavy atom. The number of fused-ring (bicyclic) bond motifs is 3. The highest BCUT2D eigenvalue weighted by atomic mass is 19.4. The van der Waals surface area contributed by atoms with Gasteiger partial charge in [-0.05, 0) is 48.4 Å². The second-order valence-corrected chi connectivity index (χ2v) is 9.92. The van der Waals surface area contributed by atoms with Crippen LogP contribution in [0.5, 0.6) is 0 Å². The summed E-state index contributed by atoms with van der Waals surface area (Å²) in [7, 11) is 0. The van der Waals surface area contributed by atoms with Crippen LogP contribution in [-0.4, -0.2) is 42.1 Å². The minimum absolute atomic E-state index is 0.0284. The smallest absolute Gasteiger partial charge is 0.381 e. The van der Waals surface area contributed by atoms with Crippen molar-refractivity contribution < 1.29 is 22.7 Å². The van der Waals surface area contributed by atoms with Crippen LogP contribution in [0.2, 0.25) is 0 Å². The van der Waals surface area contributed by atoms with Crippen LogP contribution < -0.4 is 5.32 Å². The third kappa shape index (κ3) is 3.23. The Labute approximate surface area is 180 Å². The first-order chi connectivity index (χ1) is 14.6. The van der Waals surface area contributed by atoms with Gasteiger partial charge in [0.2, 0.25) is 5.91 Å². The van der Waals surface area contributed by atoms with Crippen LogP contribution in [0.25, 0.3) is 0 Å². The molecule has 31 heavy (non-hydrogen) atoms. The fraction of sp³-hybridized carbons (Fsp3) is 0.625. The average molecular weight is 435 g/mol. The number of alkyl halides is 3. The van der Waals surface area contributed by atoms with Crippen LogP contribution in [0, 0.1) is 17.3 Å². The molecule has 1 N–H and O–H groups in total. The van der Waals surface area contributed by atoms with Crippen LogP contribution in [-0.2, 0) is 28.7 Å². The maximum Gasteiger partial charge on any atom is 0.416 e. The highest BCUT2D eigenvalue weighted by molar-refractivity contribution is 5.86. The van der Waals surface area contributed by atoms with Crippen molar-refractivity contribution in [2.75, 3.05) is 19.8 Å². The molecule has 1 aromatic carbocycles. The van der Waals surface area contributed by atoms with Gasteiger partial charge in [-0.15, -0.1) is 0 Å². The van der Waals surface area contributed by atoms with Crippen LogP contribution in [0.1, 0.15) is 43.4 Å². The Bertz CT molecular complexity index is 928. The molecule has 2 saturated heterocycles. The third-order valence-electron chi connectivity index (χ3n) is 8.00. The van der Waals surface area contributed by atoms with E-state index in [1.165, 1.54) is 6.07 Å². The summed E-state index contributed by atoms with van der Waals surface area (Å²) < 4.78 is 45.3. The molecule has 3 aliphatic heterocycles. The van der Waals surface area contributed by atoms with Gasteiger partial charge in [0.1, 0.15) is 0 Å². The average Bonchev–Trinajstić information content (AvgIpc) is 3.15. The van der Waals surface area contributed by atoms with Crippen molar-refractivity contribution in [2.24, 2.45) is 17.3 Å². The summed E-state index contributed by atoms with van der Waals surface area (Å²) in [4.78, 5) is 15.6. The number of benzene rings is 1. The molecular formula is C24H29F3N2O2. The van der Waals surface area contributed by atoms with Crippen molar-refractivity contribution in [1.29, 1.82) is 0 Å². The van der Waals surface area contributed by atoms with E-state index in [1.54, 1.807) is 11.0 Å². The number of nitrogens with zero attached hydrogens (tertiary/aromatic N) is 1. The number of nitrogens with one attached hydrogen (secondary N) is 1. The number of ether oxygens (including phenoxy) is 1. The van der Waals surface area contributed by atoms with E-state index < -0.39 is 17.2 Å². The number of carbonyl (C=O) groups excluding carboxylic acids is 1. The van der Waals surface area contributed by atoms with Gasteiger partial charge in [0, 0.05) is 37.2 Å². The Balaban J connectivity index is 1.38. The van der Waals surface area contributed by atoms with Gasteiger partial charge in [-0.25, -0.2) is 0 Å². The molecule has 5 rings (SSSR count). The minimum Gasteiger partial charge on any atom is -0.381 e. The van der Waals surface area contributed by atoms with E-state index in [-0.39, 0.29) is 23.9 Å². The lowest BCUT2D eigenvalue weighted by molar-refractivity contribution is -0.146. The number of carbonyl (C=O) groups is 1. The SMILES string of the molecule is CC(C)[C@]1(C(=O)N2CCc3ccc(C(F)(F)F)cc3C2)C=C[C@]2(C1)NC1CCOC[C@H]12. The normalized spacial score (nSPS) is 34.6. The predicted molar refractivity (Wildman–Crippen MR) is 110 cm³/mol. The molecule has 2 fully saturated rings. The molecule has 1 aromatic rings. The molecule has 0 radical (unpaired) electrons. The van der Waals surface area contributed by atoms with Crippen LogP contribution in [0.3, 0.4) is 0 Å². The predicted octanol–water partition coefficient (Wildman–Crippen LogP) is 3.94. The summed E-state index contributed by atoms with van der Waals surface area (Å²) in [6.07, 6.45) is 2.12. The van der Waals surface area contributed by atoms with Crippen LogP contribution in [0.15, 0.2) is 30.4 Å². The Morgan fingerprint density at radius 1 is 1.26 bits per heavy atom. The molecule has 0 saturated carbocycles. The fourth-order valence-corrected chi connectivity index (χ4v) is 6.02. The van der Waals surface area contributed by atoms with E-state index in [9.17, 15) is 18.0 Å². The van der Waals surface area contributed by atoms with E-state index in [0.29, 0.717) is 43.5 Å². The Hall–Kier alpha value is -1.86. The van der Waals surface area contributed by atoms with Gasteiger partial charge in [-0.3, -0.25) is 4.79 Å². The van der Waals surface area contributed by atoms with Gasteiger partial charge in [0.05, 0.1) is 17.6 Å². The number of hydrogen-bond acceptors (Lipinski definition) is 3. The highest BCUT2D eigenvalue weighted by Crippen LogP contribution is 2.53.